The number of nitrogens with zero attached hydrogens (tertiary/aromatic N) is 2. The largest absolute Gasteiger partial charge is 0.334 e. The topological polar surface area (TPSA) is 88.0 Å². The Balaban J connectivity index is 1.54. The number of nitrogens with one attached hydrogen (secondary N) is 3. The Morgan fingerprint density at radius 3 is 2.47 bits per heavy atom. The van der Waals surface area contributed by atoms with Crippen molar-refractivity contribution in [2.75, 3.05) is 5.32 Å². The first-order valence-corrected chi connectivity index (χ1v) is 9.75. The van der Waals surface area contributed by atoms with Crippen molar-refractivity contribution in [1.82, 2.24) is 20.4 Å². The van der Waals surface area contributed by atoms with Crippen molar-refractivity contribution >= 4 is 17.6 Å². The summed E-state index contributed by atoms with van der Waals surface area (Å²) in [5.41, 5.74) is 2.27. The molecule has 0 bridgehead atoms. The van der Waals surface area contributed by atoms with Gasteiger partial charge in [-0.1, -0.05) is 25.5 Å². The number of urea groups is 1. The summed E-state index contributed by atoms with van der Waals surface area (Å²) < 4.78 is 14.7. The minimum Gasteiger partial charge on any atom is -0.334 e. The van der Waals surface area contributed by atoms with Crippen molar-refractivity contribution in [2.24, 2.45) is 0 Å². The van der Waals surface area contributed by atoms with E-state index in [4.69, 9.17) is 0 Å². The van der Waals surface area contributed by atoms with E-state index >= 15 is 0 Å². The van der Waals surface area contributed by atoms with E-state index in [9.17, 15) is 14.0 Å². The Morgan fingerprint density at radius 1 is 1.10 bits per heavy atom. The molecular weight excluding hydrogens is 385 g/mol. The molecule has 7 nitrogen and oxygen atoms in total. The van der Waals surface area contributed by atoms with Crippen molar-refractivity contribution < 1.29 is 14.0 Å². The van der Waals surface area contributed by atoms with Gasteiger partial charge in [-0.15, -0.1) is 0 Å². The first-order chi connectivity index (χ1) is 14.5. The average Bonchev–Trinajstić information content (AvgIpc) is 3.28. The maximum absolute atomic E-state index is 13.0. The lowest BCUT2D eigenvalue weighted by Gasteiger charge is -2.18. The molecule has 1 heterocycles. The van der Waals surface area contributed by atoms with Crippen LogP contribution in [0.25, 0.3) is 5.69 Å². The number of anilines is 1. The van der Waals surface area contributed by atoms with E-state index in [1.54, 1.807) is 35.1 Å². The van der Waals surface area contributed by atoms with E-state index in [0.717, 1.165) is 17.7 Å². The molecule has 1 atom stereocenters. The van der Waals surface area contributed by atoms with Crippen LogP contribution in [0.4, 0.5) is 14.9 Å². The van der Waals surface area contributed by atoms with Gasteiger partial charge in [0.05, 0.1) is 5.69 Å². The minimum absolute atomic E-state index is 0.238. The Morgan fingerprint density at radius 2 is 1.83 bits per heavy atom. The van der Waals surface area contributed by atoms with Gasteiger partial charge in [-0.3, -0.25) is 4.79 Å². The molecule has 0 aliphatic carbocycles. The molecule has 156 valence electrons. The molecule has 8 heteroatoms. The maximum Gasteiger partial charge on any atom is 0.315 e. The molecule has 0 radical (unpaired) electrons. The third kappa shape index (κ3) is 5.91. The number of carbonyl (C=O) groups excluding carboxylic acids is 2. The number of rotatable bonds is 8. The van der Waals surface area contributed by atoms with Crippen LogP contribution in [0.2, 0.25) is 0 Å². The Hall–Kier alpha value is -3.68. The van der Waals surface area contributed by atoms with Gasteiger partial charge in [0.1, 0.15) is 11.9 Å². The molecule has 3 N–H and O–H groups in total. The van der Waals surface area contributed by atoms with Crippen LogP contribution in [-0.2, 0) is 11.3 Å². The van der Waals surface area contributed by atoms with Crippen LogP contribution in [-0.4, -0.2) is 27.8 Å². The van der Waals surface area contributed by atoms with E-state index in [0.29, 0.717) is 12.1 Å². The number of amides is 3. The van der Waals surface area contributed by atoms with Crippen LogP contribution in [0.5, 0.6) is 0 Å². The molecule has 3 rings (SSSR count). The Labute approximate surface area is 174 Å². The van der Waals surface area contributed by atoms with Crippen molar-refractivity contribution in [3.05, 3.63) is 78.4 Å². The average molecular weight is 409 g/mol. The quantitative estimate of drug-likeness (QED) is 0.531. The summed E-state index contributed by atoms with van der Waals surface area (Å²) in [5.74, 6) is -0.624. The summed E-state index contributed by atoms with van der Waals surface area (Å²) in [6, 6.07) is 13.8. The fourth-order valence-corrected chi connectivity index (χ4v) is 2.90. The fourth-order valence-electron chi connectivity index (χ4n) is 2.90. The monoisotopic (exact) mass is 409 g/mol. The van der Waals surface area contributed by atoms with Crippen LogP contribution < -0.4 is 16.0 Å². The van der Waals surface area contributed by atoms with E-state index in [2.05, 4.69) is 21.0 Å². The molecule has 0 saturated heterocycles. The lowest BCUT2D eigenvalue weighted by Crippen LogP contribution is -2.47. The number of carbonyl (C=O) groups is 2. The summed E-state index contributed by atoms with van der Waals surface area (Å²) >= 11 is 0. The molecule has 1 unspecified atom stereocenters. The summed E-state index contributed by atoms with van der Waals surface area (Å²) in [6.45, 7) is 2.18. The number of benzene rings is 2. The number of aromatic nitrogens is 2. The Kier molecular flexibility index (Phi) is 7.15. The van der Waals surface area contributed by atoms with Gasteiger partial charge in [-0.25, -0.2) is 13.9 Å². The highest BCUT2D eigenvalue weighted by molar-refractivity contribution is 5.97. The molecule has 30 heavy (non-hydrogen) atoms. The first-order valence-electron chi connectivity index (χ1n) is 9.75. The second kappa shape index (κ2) is 10.2. The van der Waals surface area contributed by atoms with Crippen molar-refractivity contribution in [1.29, 1.82) is 0 Å². The normalized spacial score (nSPS) is 11.5. The first kappa shape index (κ1) is 21.0. The van der Waals surface area contributed by atoms with E-state index in [-0.39, 0.29) is 18.3 Å². The molecule has 3 aromatic rings. The van der Waals surface area contributed by atoms with Crippen LogP contribution in [0.15, 0.2) is 67.0 Å². The molecule has 2 aromatic carbocycles. The molecule has 0 aliphatic heterocycles. The van der Waals surface area contributed by atoms with Crippen LogP contribution in [0.1, 0.15) is 25.3 Å². The molecule has 0 fully saturated rings. The van der Waals surface area contributed by atoms with Crippen molar-refractivity contribution in [2.45, 2.75) is 32.4 Å². The van der Waals surface area contributed by atoms with Gasteiger partial charge >= 0.3 is 6.03 Å². The number of halogens is 1. The van der Waals surface area contributed by atoms with Gasteiger partial charge in [0.15, 0.2) is 0 Å². The lowest BCUT2D eigenvalue weighted by atomic mass is 10.1. The van der Waals surface area contributed by atoms with Crippen LogP contribution in [0.3, 0.4) is 0 Å². The molecule has 0 aliphatic rings. The SMILES string of the molecule is CCCC(NC(=O)NCc1ccc(F)cc1)C(=O)Nc1ccc(-n2cccn2)cc1. The van der Waals surface area contributed by atoms with Gasteiger partial charge in [-0.05, 0) is 54.4 Å². The zero-order chi connectivity index (χ0) is 21.3. The molecule has 3 amide bonds. The molecule has 1 aromatic heterocycles. The van der Waals surface area contributed by atoms with Gasteiger partial charge in [0.25, 0.3) is 0 Å². The van der Waals surface area contributed by atoms with Gasteiger partial charge < -0.3 is 16.0 Å². The van der Waals surface area contributed by atoms with Crippen molar-refractivity contribution in [3.63, 3.8) is 0 Å². The summed E-state index contributed by atoms with van der Waals surface area (Å²) in [7, 11) is 0. The van der Waals surface area contributed by atoms with Crippen molar-refractivity contribution in [3.8, 4) is 5.69 Å². The molecule has 0 spiro atoms. The van der Waals surface area contributed by atoms with Gasteiger partial charge in [-0.2, -0.15) is 5.10 Å². The van der Waals surface area contributed by atoms with E-state index in [1.807, 2.05) is 31.3 Å². The fraction of sp³-hybridized carbons (Fsp3) is 0.227. The van der Waals surface area contributed by atoms with Crippen LogP contribution in [0, 0.1) is 5.82 Å². The highest BCUT2D eigenvalue weighted by atomic mass is 19.1. The van der Waals surface area contributed by atoms with E-state index in [1.165, 1.54) is 12.1 Å². The maximum atomic E-state index is 13.0. The second-order valence-electron chi connectivity index (χ2n) is 6.78. The highest BCUT2D eigenvalue weighted by Crippen LogP contribution is 2.13. The summed E-state index contributed by atoms with van der Waals surface area (Å²) in [5, 5.41) is 12.4. The van der Waals surface area contributed by atoms with E-state index < -0.39 is 12.1 Å². The predicted octanol–water partition coefficient (Wildman–Crippen LogP) is 3.62. The third-order valence-electron chi connectivity index (χ3n) is 4.47. The highest BCUT2D eigenvalue weighted by Gasteiger charge is 2.20. The third-order valence-corrected chi connectivity index (χ3v) is 4.47. The van der Waals surface area contributed by atoms with Crippen LogP contribution >= 0.6 is 0 Å². The smallest absolute Gasteiger partial charge is 0.315 e. The zero-order valence-corrected chi connectivity index (χ0v) is 16.6. The second-order valence-corrected chi connectivity index (χ2v) is 6.78. The number of hydrogen-bond donors (Lipinski definition) is 3. The summed E-state index contributed by atoms with van der Waals surface area (Å²) in [6.07, 6.45) is 4.76. The van der Waals surface area contributed by atoms with Gasteiger partial charge in [0, 0.05) is 24.6 Å². The predicted molar refractivity (Wildman–Crippen MR) is 113 cm³/mol. The number of hydrogen-bond acceptors (Lipinski definition) is 3. The standard InChI is InChI=1S/C22H24FN5O2/c1-2-4-20(27-22(30)24-15-16-5-7-17(23)8-6-16)21(29)26-18-9-11-19(12-10-18)28-14-3-13-25-28/h3,5-14,20H,2,4,15H2,1H3,(H,26,29)(H2,24,27,30). The minimum atomic E-state index is -0.672. The molecular formula is C22H24FN5O2. The zero-order valence-electron chi connectivity index (χ0n) is 16.6. The molecule has 0 saturated carbocycles. The lowest BCUT2D eigenvalue weighted by molar-refractivity contribution is -0.118. The summed E-state index contributed by atoms with van der Waals surface area (Å²) in [4.78, 5) is 24.9. The Bertz CT molecular complexity index is 956. The van der Waals surface area contributed by atoms with Gasteiger partial charge in [0.2, 0.25) is 5.91 Å².